The topological polar surface area (TPSA) is 26.3 Å². The van der Waals surface area contributed by atoms with Crippen molar-refractivity contribution in [1.82, 2.24) is 0 Å². The van der Waals surface area contributed by atoms with Gasteiger partial charge in [0.05, 0.1) is 29.2 Å². The molecule has 0 fully saturated rings. The molecule has 1 aromatic carbocycles. The van der Waals surface area contributed by atoms with Crippen LogP contribution in [0.2, 0.25) is 0 Å². The average Bonchev–Trinajstić information content (AvgIpc) is 2.18. The maximum atomic E-state index is 12.3. The van der Waals surface area contributed by atoms with E-state index < -0.39 is 5.97 Å². The second-order valence-electron chi connectivity index (χ2n) is 2.29. The lowest BCUT2D eigenvalue weighted by molar-refractivity contribution is 0.0522. The van der Waals surface area contributed by atoms with Crippen molar-refractivity contribution in [3.63, 3.8) is 0 Å². The van der Waals surface area contributed by atoms with E-state index in [2.05, 4.69) is 0 Å². The lowest BCUT2D eigenvalue weighted by atomic mass is 10.2. The van der Waals surface area contributed by atoms with Crippen LogP contribution in [0, 0.1) is 0 Å². The Morgan fingerprint density at radius 2 is 2.23 bits per heavy atom. The molecule has 0 saturated heterocycles. The highest BCUT2D eigenvalue weighted by molar-refractivity contribution is 7.94. The number of benzene rings is 1. The van der Waals surface area contributed by atoms with E-state index in [0.29, 0.717) is 11.5 Å². The number of esters is 1. The normalized spacial score (nSPS) is 9.69. The van der Waals surface area contributed by atoms with Crippen LogP contribution in [0.3, 0.4) is 0 Å². The molecule has 0 bridgehead atoms. The summed E-state index contributed by atoms with van der Waals surface area (Å²) in [7, 11) is 0. The predicted octanol–water partition coefficient (Wildman–Crippen LogP) is 2.84. The van der Waals surface area contributed by atoms with Crippen LogP contribution in [0.15, 0.2) is 29.2 Å². The van der Waals surface area contributed by atoms with Gasteiger partial charge in [0.15, 0.2) is 0 Å². The summed E-state index contributed by atoms with van der Waals surface area (Å²) < 4.78 is 17.0. The number of hydrogen-bond donors (Lipinski definition) is 0. The van der Waals surface area contributed by atoms with Crippen molar-refractivity contribution in [2.24, 2.45) is 0 Å². The molecule has 1 rings (SSSR count). The maximum Gasteiger partial charge on any atom is 0.339 e. The lowest BCUT2D eigenvalue weighted by Gasteiger charge is -2.03. The van der Waals surface area contributed by atoms with Crippen molar-refractivity contribution in [3.05, 3.63) is 29.8 Å². The number of carbonyl (C=O) groups is 1. The van der Waals surface area contributed by atoms with Crippen molar-refractivity contribution in [1.29, 1.82) is 0 Å². The Morgan fingerprint density at radius 1 is 1.54 bits per heavy atom. The molecule has 0 aromatic heterocycles. The molecule has 0 spiro atoms. The molecule has 70 valence electrons. The van der Waals surface area contributed by atoms with E-state index in [1.165, 1.54) is 6.07 Å². The molecule has 0 atom stereocenters. The quantitative estimate of drug-likeness (QED) is 0.702. The molecular weight excluding hydrogens is 191 g/mol. The zero-order valence-corrected chi connectivity index (χ0v) is 7.94. The minimum atomic E-state index is -0.483. The van der Waals surface area contributed by atoms with E-state index in [9.17, 15) is 8.68 Å². The van der Waals surface area contributed by atoms with Crippen molar-refractivity contribution >= 4 is 18.1 Å². The average molecular weight is 200 g/mol. The first-order chi connectivity index (χ1) is 6.29. The highest BCUT2D eigenvalue weighted by atomic mass is 32.2. The second kappa shape index (κ2) is 4.87. The highest BCUT2D eigenvalue weighted by Crippen LogP contribution is 2.23. The van der Waals surface area contributed by atoms with Gasteiger partial charge in [-0.25, -0.2) is 4.79 Å². The number of carbonyl (C=O) groups excluding carboxylic acids is 1. The van der Waals surface area contributed by atoms with Crippen molar-refractivity contribution in [3.8, 4) is 0 Å². The van der Waals surface area contributed by atoms with Crippen LogP contribution in [-0.2, 0) is 4.74 Å². The third-order valence-corrected chi connectivity index (χ3v) is 1.99. The van der Waals surface area contributed by atoms with Gasteiger partial charge in [0.2, 0.25) is 0 Å². The van der Waals surface area contributed by atoms with Crippen LogP contribution in [-0.4, -0.2) is 12.6 Å². The van der Waals surface area contributed by atoms with Crippen LogP contribution >= 0.6 is 12.1 Å². The first-order valence-electron chi connectivity index (χ1n) is 3.84. The largest absolute Gasteiger partial charge is 0.462 e. The van der Waals surface area contributed by atoms with Crippen molar-refractivity contribution in [2.75, 3.05) is 6.61 Å². The smallest absolute Gasteiger partial charge is 0.339 e. The lowest BCUT2D eigenvalue weighted by Crippen LogP contribution is -2.05. The SMILES string of the molecule is CCOC(=O)c1ccccc1SF. The standard InChI is InChI=1S/C9H9FO2S/c1-2-12-9(11)7-5-3-4-6-8(7)13-10/h3-6H,2H2,1H3. The molecular formula is C9H9FO2S. The van der Waals surface area contributed by atoms with E-state index in [0.717, 1.165) is 0 Å². The van der Waals surface area contributed by atoms with Crippen LogP contribution in [0.1, 0.15) is 17.3 Å². The minimum absolute atomic E-state index is 0.0488. The number of halogens is 1. The zero-order valence-electron chi connectivity index (χ0n) is 7.12. The Bertz CT molecular complexity index is 301. The molecule has 1 aromatic rings. The van der Waals surface area contributed by atoms with Gasteiger partial charge in [-0.15, -0.1) is 0 Å². The molecule has 0 N–H and O–H groups in total. The Morgan fingerprint density at radius 3 is 2.85 bits per heavy atom. The Kier molecular flexibility index (Phi) is 3.76. The summed E-state index contributed by atoms with van der Waals surface area (Å²) >= 11 is 0.0488. The van der Waals surface area contributed by atoms with Gasteiger partial charge in [-0.3, -0.25) is 0 Å². The van der Waals surface area contributed by atoms with Gasteiger partial charge in [0.1, 0.15) is 0 Å². The predicted molar refractivity (Wildman–Crippen MR) is 49.4 cm³/mol. The summed E-state index contributed by atoms with van der Waals surface area (Å²) in [4.78, 5) is 11.5. The molecule has 0 saturated carbocycles. The minimum Gasteiger partial charge on any atom is -0.462 e. The molecule has 0 aliphatic rings. The molecule has 0 aliphatic heterocycles. The van der Waals surface area contributed by atoms with Crippen LogP contribution in [0.4, 0.5) is 3.89 Å². The number of ether oxygens (including phenoxy) is 1. The van der Waals surface area contributed by atoms with E-state index >= 15 is 0 Å². The Hall–Kier alpha value is -1.03. The van der Waals surface area contributed by atoms with Crippen molar-refractivity contribution < 1.29 is 13.4 Å². The fourth-order valence-electron chi connectivity index (χ4n) is 0.911. The Balaban J connectivity index is 2.92. The van der Waals surface area contributed by atoms with E-state index in [-0.39, 0.29) is 17.7 Å². The summed E-state index contributed by atoms with van der Waals surface area (Å²) in [5.74, 6) is -0.483. The second-order valence-corrected chi connectivity index (χ2v) is 2.89. The fourth-order valence-corrected chi connectivity index (χ4v) is 1.28. The van der Waals surface area contributed by atoms with Gasteiger partial charge < -0.3 is 4.74 Å². The third kappa shape index (κ3) is 2.45. The first kappa shape index (κ1) is 10.1. The highest BCUT2D eigenvalue weighted by Gasteiger charge is 2.11. The van der Waals surface area contributed by atoms with E-state index in [1.807, 2.05) is 0 Å². The van der Waals surface area contributed by atoms with E-state index in [4.69, 9.17) is 4.74 Å². The fraction of sp³-hybridized carbons (Fsp3) is 0.222. The Labute approximate surface area is 80.4 Å². The maximum absolute atomic E-state index is 12.3. The molecule has 0 radical (unpaired) electrons. The molecule has 2 nitrogen and oxygen atoms in total. The van der Waals surface area contributed by atoms with E-state index in [1.54, 1.807) is 25.1 Å². The molecule has 4 heteroatoms. The van der Waals surface area contributed by atoms with Gasteiger partial charge >= 0.3 is 5.97 Å². The summed E-state index contributed by atoms with van der Waals surface area (Å²) in [6, 6.07) is 6.42. The summed E-state index contributed by atoms with van der Waals surface area (Å²) in [6.07, 6.45) is 0. The first-order valence-corrected chi connectivity index (χ1v) is 4.56. The number of hydrogen-bond acceptors (Lipinski definition) is 3. The van der Waals surface area contributed by atoms with Gasteiger partial charge in [0.25, 0.3) is 0 Å². The summed E-state index contributed by atoms with van der Waals surface area (Å²) in [6.45, 7) is 2.01. The van der Waals surface area contributed by atoms with Gasteiger partial charge in [-0.2, -0.15) is 3.89 Å². The molecule has 0 heterocycles. The third-order valence-electron chi connectivity index (χ3n) is 1.47. The van der Waals surface area contributed by atoms with Gasteiger partial charge in [-0.1, -0.05) is 12.1 Å². The summed E-state index contributed by atoms with van der Waals surface area (Å²) in [5, 5.41) is 0. The molecule has 0 unspecified atom stereocenters. The monoisotopic (exact) mass is 200 g/mol. The van der Waals surface area contributed by atoms with Crippen LogP contribution in [0.5, 0.6) is 0 Å². The number of rotatable bonds is 3. The van der Waals surface area contributed by atoms with Gasteiger partial charge in [0, 0.05) is 0 Å². The molecule has 0 aliphatic carbocycles. The van der Waals surface area contributed by atoms with Gasteiger partial charge in [-0.05, 0) is 19.1 Å². The van der Waals surface area contributed by atoms with Crippen LogP contribution in [0.25, 0.3) is 0 Å². The van der Waals surface area contributed by atoms with Crippen LogP contribution < -0.4 is 0 Å². The molecule has 0 amide bonds. The molecule has 13 heavy (non-hydrogen) atoms. The zero-order chi connectivity index (χ0) is 9.68. The summed E-state index contributed by atoms with van der Waals surface area (Å²) in [5.41, 5.74) is 0.275. The van der Waals surface area contributed by atoms with Crippen molar-refractivity contribution in [2.45, 2.75) is 11.8 Å².